The Labute approximate surface area is 146 Å². The first-order valence-electron chi connectivity index (χ1n) is 7.96. The molecular weight excluding hydrogens is 326 g/mol. The zero-order chi connectivity index (χ0) is 16.9. The molecule has 126 valence electrons. The number of ether oxygens (including phenoxy) is 2. The van der Waals surface area contributed by atoms with Gasteiger partial charge >= 0.3 is 0 Å². The fourth-order valence-corrected chi connectivity index (χ4v) is 2.75. The quantitative estimate of drug-likeness (QED) is 0.849. The summed E-state index contributed by atoms with van der Waals surface area (Å²) >= 11 is 5.92. The van der Waals surface area contributed by atoms with Crippen LogP contribution in [0.1, 0.15) is 17.2 Å². The highest BCUT2D eigenvalue weighted by Crippen LogP contribution is 2.24. The summed E-state index contributed by atoms with van der Waals surface area (Å²) in [7, 11) is 0. The molecule has 0 aromatic heterocycles. The Kier molecular flexibility index (Phi) is 5.38. The number of carbonyl (C=O) groups excluding carboxylic acids is 1. The molecule has 4 nitrogen and oxygen atoms in total. The second kappa shape index (κ2) is 7.69. The van der Waals surface area contributed by atoms with Crippen molar-refractivity contribution in [3.8, 4) is 5.75 Å². The average molecular weight is 346 g/mol. The van der Waals surface area contributed by atoms with Crippen LogP contribution in [0.5, 0.6) is 5.75 Å². The van der Waals surface area contributed by atoms with Crippen LogP contribution in [0.3, 0.4) is 0 Å². The van der Waals surface area contributed by atoms with E-state index in [0.717, 1.165) is 11.1 Å². The molecule has 0 aliphatic carbocycles. The van der Waals surface area contributed by atoms with E-state index < -0.39 is 0 Å². The van der Waals surface area contributed by atoms with E-state index in [0.29, 0.717) is 30.5 Å². The van der Waals surface area contributed by atoms with E-state index in [9.17, 15) is 4.79 Å². The van der Waals surface area contributed by atoms with Crippen molar-refractivity contribution in [3.63, 3.8) is 0 Å². The van der Waals surface area contributed by atoms with Gasteiger partial charge in [-0.2, -0.15) is 0 Å². The first-order chi connectivity index (χ1) is 11.6. The molecule has 1 fully saturated rings. The third-order valence-corrected chi connectivity index (χ3v) is 4.30. The third-order valence-electron chi connectivity index (χ3n) is 4.04. The minimum Gasteiger partial charge on any atom is -0.484 e. The van der Waals surface area contributed by atoms with E-state index in [2.05, 4.69) is 0 Å². The molecule has 5 heteroatoms. The van der Waals surface area contributed by atoms with Crippen molar-refractivity contribution in [2.24, 2.45) is 0 Å². The number of aryl methyl sites for hydroxylation is 1. The standard InChI is InChI=1S/C19H20ClNO3/c1-14-2-8-17(9-3-14)24-13-19(22)21-10-11-23-18(12-21)15-4-6-16(20)7-5-15/h2-9,18H,10-13H2,1H3. The summed E-state index contributed by atoms with van der Waals surface area (Å²) < 4.78 is 11.4. The van der Waals surface area contributed by atoms with Gasteiger partial charge in [0.15, 0.2) is 6.61 Å². The highest BCUT2D eigenvalue weighted by molar-refractivity contribution is 6.30. The van der Waals surface area contributed by atoms with Gasteiger partial charge in [0.1, 0.15) is 11.9 Å². The Hall–Kier alpha value is -2.04. The fourth-order valence-electron chi connectivity index (χ4n) is 2.63. The van der Waals surface area contributed by atoms with Gasteiger partial charge in [-0.15, -0.1) is 0 Å². The number of rotatable bonds is 4. The van der Waals surface area contributed by atoms with Gasteiger partial charge in [-0.25, -0.2) is 0 Å². The second-order valence-electron chi connectivity index (χ2n) is 5.85. The molecule has 24 heavy (non-hydrogen) atoms. The van der Waals surface area contributed by atoms with Crippen molar-refractivity contribution in [1.29, 1.82) is 0 Å². The second-order valence-corrected chi connectivity index (χ2v) is 6.29. The number of benzene rings is 2. The molecule has 0 spiro atoms. The molecule has 1 amide bonds. The van der Waals surface area contributed by atoms with Gasteiger partial charge < -0.3 is 14.4 Å². The van der Waals surface area contributed by atoms with Gasteiger partial charge in [0, 0.05) is 11.6 Å². The summed E-state index contributed by atoms with van der Waals surface area (Å²) in [6.45, 7) is 3.68. The van der Waals surface area contributed by atoms with Crippen LogP contribution in [0.4, 0.5) is 0 Å². The van der Waals surface area contributed by atoms with Crippen LogP contribution >= 0.6 is 11.6 Å². The lowest BCUT2D eigenvalue weighted by Crippen LogP contribution is -2.44. The number of halogens is 1. The molecule has 0 N–H and O–H groups in total. The Morgan fingerprint density at radius 2 is 1.92 bits per heavy atom. The number of amides is 1. The van der Waals surface area contributed by atoms with E-state index in [1.807, 2.05) is 55.5 Å². The highest BCUT2D eigenvalue weighted by Gasteiger charge is 2.25. The van der Waals surface area contributed by atoms with Gasteiger partial charge in [0.25, 0.3) is 5.91 Å². The molecule has 0 radical (unpaired) electrons. The molecule has 1 unspecified atom stereocenters. The Morgan fingerprint density at radius 3 is 2.62 bits per heavy atom. The van der Waals surface area contributed by atoms with Crippen LogP contribution in [-0.4, -0.2) is 37.1 Å². The van der Waals surface area contributed by atoms with Gasteiger partial charge in [-0.1, -0.05) is 41.4 Å². The molecule has 1 aliphatic rings. The molecule has 1 saturated heterocycles. The average Bonchev–Trinajstić information content (AvgIpc) is 2.62. The Bertz CT molecular complexity index is 685. The van der Waals surface area contributed by atoms with Gasteiger partial charge in [-0.05, 0) is 36.8 Å². The van der Waals surface area contributed by atoms with E-state index in [1.54, 1.807) is 4.90 Å². The van der Waals surface area contributed by atoms with Crippen molar-refractivity contribution >= 4 is 17.5 Å². The molecule has 3 rings (SSSR count). The maximum Gasteiger partial charge on any atom is 0.260 e. The van der Waals surface area contributed by atoms with Crippen molar-refractivity contribution in [2.45, 2.75) is 13.0 Å². The summed E-state index contributed by atoms with van der Waals surface area (Å²) in [5.74, 6) is 0.675. The normalized spacial score (nSPS) is 17.6. The molecule has 0 bridgehead atoms. The van der Waals surface area contributed by atoms with E-state index >= 15 is 0 Å². The van der Waals surface area contributed by atoms with Crippen molar-refractivity contribution in [1.82, 2.24) is 4.90 Å². The van der Waals surface area contributed by atoms with Crippen LogP contribution in [0, 0.1) is 6.92 Å². The predicted octanol–water partition coefficient (Wildman–Crippen LogP) is 3.63. The Morgan fingerprint density at radius 1 is 1.21 bits per heavy atom. The van der Waals surface area contributed by atoms with Crippen LogP contribution in [0.2, 0.25) is 5.02 Å². The highest BCUT2D eigenvalue weighted by atomic mass is 35.5. The zero-order valence-electron chi connectivity index (χ0n) is 13.6. The number of morpholine rings is 1. The molecular formula is C19H20ClNO3. The zero-order valence-corrected chi connectivity index (χ0v) is 14.3. The summed E-state index contributed by atoms with van der Waals surface area (Å²) in [6.07, 6.45) is -0.126. The monoisotopic (exact) mass is 345 g/mol. The largest absolute Gasteiger partial charge is 0.484 e. The molecule has 1 heterocycles. The topological polar surface area (TPSA) is 38.8 Å². The van der Waals surface area contributed by atoms with E-state index in [4.69, 9.17) is 21.1 Å². The first-order valence-corrected chi connectivity index (χ1v) is 8.34. The Balaban J connectivity index is 1.56. The molecule has 0 saturated carbocycles. The maximum atomic E-state index is 12.4. The lowest BCUT2D eigenvalue weighted by atomic mass is 10.1. The number of carbonyl (C=O) groups is 1. The van der Waals surface area contributed by atoms with E-state index in [-0.39, 0.29) is 18.6 Å². The molecule has 2 aromatic rings. The van der Waals surface area contributed by atoms with Crippen molar-refractivity contribution in [2.75, 3.05) is 26.3 Å². The minimum atomic E-state index is -0.126. The lowest BCUT2D eigenvalue weighted by Gasteiger charge is -2.33. The number of hydrogen-bond donors (Lipinski definition) is 0. The SMILES string of the molecule is Cc1ccc(OCC(=O)N2CCOC(c3ccc(Cl)cc3)C2)cc1. The van der Waals surface area contributed by atoms with Crippen molar-refractivity contribution < 1.29 is 14.3 Å². The molecule has 1 atom stereocenters. The predicted molar refractivity (Wildman–Crippen MR) is 93.4 cm³/mol. The van der Waals surface area contributed by atoms with E-state index in [1.165, 1.54) is 0 Å². The van der Waals surface area contributed by atoms with Gasteiger partial charge in [0.2, 0.25) is 0 Å². The minimum absolute atomic E-state index is 0.0298. The third kappa shape index (κ3) is 4.28. The summed E-state index contributed by atoms with van der Waals surface area (Å²) in [5, 5.41) is 0.689. The summed E-state index contributed by atoms with van der Waals surface area (Å²) in [6, 6.07) is 15.2. The fraction of sp³-hybridized carbons (Fsp3) is 0.316. The smallest absolute Gasteiger partial charge is 0.260 e. The first kappa shape index (κ1) is 16.8. The number of hydrogen-bond acceptors (Lipinski definition) is 3. The summed E-state index contributed by atoms with van der Waals surface area (Å²) in [5.41, 5.74) is 2.18. The molecule has 2 aromatic carbocycles. The lowest BCUT2D eigenvalue weighted by molar-refractivity contribution is -0.141. The van der Waals surface area contributed by atoms with Crippen LogP contribution < -0.4 is 4.74 Å². The molecule has 1 aliphatic heterocycles. The van der Waals surface area contributed by atoms with Crippen molar-refractivity contribution in [3.05, 3.63) is 64.7 Å². The van der Waals surface area contributed by atoms with Crippen LogP contribution in [0.25, 0.3) is 0 Å². The number of nitrogens with zero attached hydrogens (tertiary/aromatic N) is 1. The van der Waals surface area contributed by atoms with Crippen LogP contribution in [-0.2, 0) is 9.53 Å². The maximum absolute atomic E-state index is 12.4. The van der Waals surface area contributed by atoms with Crippen LogP contribution in [0.15, 0.2) is 48.5 Å². The van der Waals surface area contributed by atoms with Gasteiger partial charge in [-0.3, -0.25) is 4.79 Å². The van der Waals surface area contributed by atoms with Gasteiger partial charge in [0.05, 0.1) is 13.2 Å². The summed E-state index contributed by atoms with van der Waals surface area (Å²) in [4.78, 5) is 14.2.